The van der Waals surface area contributed by atoms with E-state index in [1.807, 2.05) is 0 Å². The number of fused-ring (bicyclic) bond motifs is 2. The Kier molecular flexibility index (Phi) is 5.88. The van der Waals surface area contributed by atoms with Crippen LogP contribution in [-0.4, -0.2) is 44.7 Å². The Labute approximate surface area is 217 Å². The number of halogens is 2. The molecule has 0 radical (unpaired) electrons. The maximum Gasteiger partial charge on any atom is 0.268 e. The molecule has 1 N–H and O–H groups in total. The van der Waals surface area contributed by atoms with Gasteiger partial charge in [0.25, 0.3) is 5.91 Å². The van der Waals surface area contributed by atoms with Gasteiger partial charge in [-0.25, -0.2) is 13.8 Å². The van der Waals surface area contributed by atoms with Crippen LogP contribution in [-0.2, 0) is 21.7 Å². The second-order valence-corrected chi connectivity index (χ2v) is 9.76. The van der Waals surface area contributed by atoms with Crippen LogP contribution >= 0.6 is 0 Å². The second kappa shape index (κ2) is 9.14. The van der Waals surface area contributed by atoms with Gasteiger partial charge >= 0.3 is 0 Å². The number of nitrogens with zero attached hydrogens (tertiary/aromatic N) is 4. The molecule has 196 valence electrons. The summed E-state index contributed by atoms with van der Waals surface area (Å²) < 4.78 is 42.3. The minimum Gasteiger partial charge on any atom is -0.476 e. The Morgan fingerprint density at radius 2 is 1.95 bits per heavy atom. The summed E-state index contributed by atoms with van der Waals surface area (Å²) in [5.74, 6) is -1.31. The van der Waals surface area contributed by atoms with Gasteiger partial charge in [-0.3, -0.25) is 14.7 Å². The van der Waals surface area contributed by atoms with Gasteiger partial charge in [0.2, 0.25) is 0 Å². The minimum atomic E-state index is -1.06. The topological polar surface area (TPSA) is 89.2 Å². The molecule has 0 spiro atoms. The van der Waals surface area contributed by atoms with Gasteiger partial charge in [-0.15, -0.1) is 0 Å². The quantitative estimate of drug-likeness (QED) is 0.432. The molecule has 38 heavy (non-hydrogen) atoms. The normalized spacial score (nSPS) is 18.9. The van der Waals surface area contributed by atoms with Crippen molar-refractivity contribution in [3.63, 3.8) is 0 Å². The number of ether oxygens (including phenoxy) is 2. The monoisotopic (exact) mass is 520 g/mol. The summed E-state index contributed by atoms with van der Waals surface area (Å²) in [5, 5.41) is 10.9. The van der Waals surface area contributed by atoms with Crippen LogP contribution in [0.4, 0.5) is 14.5 Å². The summed E-state index contributed by atoms with van der Waals surface area (Å²) in [6.07, 6.45) is 3.21. The van der Waals surface area contributed by atoms with Crippen LogP contribution in [0.5, 0.6) is 5.75 Å². The number of imidazole rings is 1. The van der Waals surface area contributed by atoms with Crippen molar-refractivity contribution in [2.24, 2.45) is 0 Å². The number of anilines is 1. The van der Waals surface area contributed by atoms with E-state index >= 15 is 4.39 Å². The molecule has 0 unspecified atom stereocenters. The van der Waals surface area contributed by atoms with Gasteiger partial charge in [0, 0.05) is 55.6 Å². The highest BCUT2D eigenvalue weighted by atomic mass is 19.1. The Morgan fingerprint density at radius 1 is 1.16 bits per heavy atom. The fourth-order valence-electron chi connectivity index (χ4n) is 5.13. The Balaban J connectivity index is 1.38. The molecule has 1 aromatic carbocycles. The number of carbonyl (C=O) groups excluding carboxylic acids is 1. The molecule has 2 aliphatic heterocycles. The third-order valence-electron chi connectivity index (χ3n) is 7.33. The first-order chi connectivity index (χ1) is 18.2. The van der Waals surface area contributed by atoms with Crippen molar-refractivity contribution in [2.75, 3.05) is 18.1 Å². The maximum atomic E-state index is 15.2. The van der Waals surface area contributed by atoms with Crippen molar-refractivity contribution in [3.05, 3.63) is 77.5 Å². The van der Waals surface area contributed by atoms with E-state index < -0.39 is 23.3 Å². The van der Waals surface area contributed by atoms with Crippen LogP contribution in [0.2, 0.25) is 0 Å². The van der Waals surface area contributed by atoms with Crippen molar-refractivity contribution < 1.29 is 28.2 Å². The number of aliphatic hydroxyl groups is 1. The Morgan fingerprint density at radius 3 is 2.68 bits per heavy atom. The molecule has 3 aromatic heterocycles. The summed E-state index contributed by atoms with van der Waals surface area (Å²) in [4.78, 5) is 23.5. The molecular formula is C28H26F2N4O4. The SMILES string of the molecule is Cc1nc2cc(F)c(-c3ccc(C4(O)CCOCC4)nc3)cn2c1CN1C(=O)[C@H](C)Oc2c(F)cccc21. The molecule has 4 aromatic rings. The fourth-order valence-corrected chi connectivity index (χ4v) is 5.13. The van der Waals surface area contributed by atoms with Crippen LogP contribution in [0.25, 0.3) is 16.8 Å². The third-order valence-corrected chi connectivity index (χ3v) is 7.33. The average Bonchev–Trinajstić information content (AvgIpc) is 3.20. The van der Waals surface area contributed by atoms with E-state index in [0.29, 0.717) is 65.6 Å². The molecule has 1 saturated heterocycles. The summed E-state index contributed by atoms with van der Waals surface area (Å²) in [6.45, 7) is 4.36. The van der Waals surface area contributed by atoms with Gasteiger partial charge in [0.1, 0.15) is 17.1 Å². The molecule has 1 amide bonds. The number of para-hydroxylation sites is 1. The molecule has 6 rings (SSSR count). The standard InChI is InChI=1S/C28H26F2N4O4/c1-16-23(15-34-22-5-3-4-20(29)26(22)38-17(2)27(34)35)33-14-19(21(30)12-25(33)32-16)18-6-7-24(31-13-18)28(36)8-10-37-11-9-28/h3-7,12-14,17,36H,8-11,15H2,1-2H3/t17-/m0/s1. The number of benzene rings is 1. The summed E-state index contributed by atoms with van der Waals surface area (Å²) in [5.41, 5.74) is 2.26. The van der Waals surface area contributed by atoms with Crippen molar-refractivity contribution in [1.82, 2.24) is 14.4 Å². The summed E-state index contributed by atoms with van der Waals surface area (Å²) in [6, 6.07) is 9.22. The number of pyridine rings is 2. The van der Waals surface area contributed by atoms with E-state index in [-0.39, 0.29) is 18.2 Å². The lowest BCUT2D eigenvalue weighted by Crippen LogP contribution is -2.44. The van der Waals surface area contributed by atoms with Gasteiger partial charge in [-0.1, -0.05) is 12.1 Å². The predicted octanol–water partition coefficient (Wildman–Crippen LogP) is 4.30. The van der Waals surface area contributed by atoms with Gasteiger partial charge < -0.3 is 19.0 Å². The fraction of sp³-hybridized carbons (Fsp3) is 0.321. The van der Waals surface area contributed by atoms with Crippen molar-refractivity contribution in [3.8, 4) is 16.9 Å². The second-order valence-electron chi connectivity index (χ2n) is 9.76. The van der Waals surface area contributed by atoms with E-state index in [9.17, 15) is 14.3 Å². The highest BCUT2D eigenvalue weighted by Gasteiger charge is 2.35. The van der Waals surface area contributed by atoms with Crippen molar-refractivity contribution in [2.45, 2.75) is 44.9 Å². The van der Waals surface area contributed by atoms with Crippen LogP contribution in [0, 0.1) is 18.6 Å². The molecule has 0 bridgehead atoms. The van der Waals surface area contributed by atoms with Gasteiger partial charge in [0.05, 0.1) is 29.3 Å². The number of hydrogen-bond donors (Lipinski definition) is 1. The number of aromatic nitrogens is 3. The van der Waals surface area contributed by atoms with E-state index in [1.54, 1.807) is 48.8 Å². The molecule has 1 atom stereocenters. The number of carbonyl (C=O) groups is 1. The molecule has 10 heteroatoms. The highest BCUT2D eigenvalue weighted by Crippen LogP contribution is 2.38. The van der Waals surface area contributed by atoms with E-state index in [1.165, 1.54) is 23.1 Å². The molecule has 0 saturated carbocycles. The first-order valence-corrected chi connectivity index (χ1v) is 12.5. The summed E-state index contributed by atoms with van der Waals surface area (Å²) >= 11 is 0. The van der Waals surface area contributed by atoms with Crippen LogP contribution in [0.15, 0.2) is 48.8 Å². The Hall–Kier alpha value is -3.89. The average molecular weight is 521 g/mol. The van der Waals surface area contributed by atoms with Crippen molar-refractivity contribution >= 4 is 17.2 Å². The van der Waals surface area contributed by atoms with E-state index in [4.69, 9.17) is 9.47 Å². The van der Waals surface area contributed by atoms with Crippen LogP contribution < -0.4 is 9.64 Å². The van der Waals surface area contributed by atoms with E-state index in [2.05, 4.69) is 9.97 Å². The number of amides is 1. The molecule has 2 aliphatic rings. The minimum absolute atomic E-state index is 0.0233. The first-order valence-electron chi connectivity index (χ1n) is 12.5. The van der Waals surface area contributed by atoms with Crippen molar-refractivity contribution in [1.29, 1.82) is 0 Å². The van der Waals surface area contributed by atoms with Gasteiger partial charge in [0.15, 0.2) is 17.7 Å². The number of rotatable bonds is 4. The number of aryl methyl sites for hydroxylation is 1. The highest BCUT2D eigenvalue weighted by molar-refractivity contribution is 5.99. The lowest BCUT2D eigenvalue weighted by molar-refractivity contribution is -0.125. The predicted molar refractivity (Wildman–Crippen MR) is 135 cm³/mol. The zero-order valence-corrected chi connectivity index (χ0v) is 20.9. The molecule has 0 aliphatic carbocycles. The third kappa shape index (κ3) is 4.00. The van der Waals surface area contributed by atoms with Gasteiger partial charge in [-0.2, -0.15) is 0 Å². The zero-order chi connectivity index (χ0) is 26.6. The maximum absolute atomic E-state index is 15.2. The van der Waals surface area contributed by atoms with E-state index in [0.717, 1.165) is 0 Å². The van der Waals surface area contributed by atoms with Crippen LogP contribution in [0.1, 0.15) is 36.8 Å². The molecule has 5 heterocycles. The van der Waals surface area contributed by atoms with Gasteiger partial charge in [-0.05, 0) is 32.0 Å². The molecule has 8 nitrogen and oxygen atoms in total. The first kappa shape index (κ1) is 24.4. The zero-order valence-electron chi connectivity index (χ0n) is 20.9. The van der Waals surface area contributed by atoms with Crippen LogP contribution in [0.3, 0.4) is 0 Å². The smallest absolute Gasteiger partial charge is 0.268 e. The summed E-state index contributed by atoms with van der Waals surface area (Å²) in [7, 11) is 0. The number of hydrogen-bond acceptors (Lipinski definition) is 6. The molecular weight excluding hydrogens is 494 g/mol. The Bertz CT molecular complexity index is 1550. The largest absolute Gasteiger partial charge is 0.476 e. The lowest BCUT2D eigenvalue weighted by Gasteiger charge is -2.33. The molecule has 1 fully saturated rings. The lowest BCUT2D eigenvalue weighted by atomic mass is 9.90.